The monoisotopic (exact) mass is 315 g/mol. The maximum atomic E-state index is 12.4. The Hall–Kier alpha value is -1.60. The summed E-state index contributed by atoms with van der Waals surface area (Å²) < 4.78 is 32.1. The molecule has 1 unspecified atom stereocenters. The molecule has 21 heavy (non-hydrogen) atoms. The first-order valence-corrected chi connectivity index (χ1v) is 8.11. The molecule has 0 saturated heterocycles. The van der Waals surface area contributed by atoms with Crippen LogP contribution in [0.4, 0.5) is 0 Å². The summed E-state index contributed by atoms with van der Waals surface area (Å²) >= 11 is 0. The minimum atomic E-state index is -3.96. The van der Waals surface area contributed by atoms with E-state index < -0.39 is 22.0 Å². The summed E-state index contributed by atoms with van der Waals surface area (Å²) in [4.78, 5) is 11.1. The number of carboxylic acid groups (broad SMARTS) is 1. The van der Waals surface area contributed by atoms with Crippen molar-refractivity contribution in [3.8, 4) is 5.75 Å². The number of aryl methyl sites for hydroxylation is 2. The van der Waals surface area contributed by atoms with E-state index in [0.29, 0.717) is 6.42 Å². The molecule has 1 aromatic rings. The van der Waals surface area contributed by atoms with E-state index >= 15 is 0 Å². The number of benzene rings is 1. The second kappa shape index (κ2) is 6.91. The normalized spacial score (nSPS) is 13.0. The van der Waals surface area contributed by atoms with Crippen molar-refractivity contribution in [3.05, 3.63) is 23.3 Å². The highest BCUT2D eigenvalue weighted by Gasteiger charge is 2.27. The van der Waals surface area contributed by atoms with Crippen LogP contribution < -0.4 is 9.46 Å². The van der Waals surface area contributed by atoms with Crippen LogP contribution in [0, 0.1) is 13.8 Å². The van der Waals surface area contributed by atoms with Gasteiger partial charge in [-0.05, 0) is 43.5 Å². The van der Waals surface area contributed by atoms with Crippen LogP contribution in [0.1, 0.15) is 30.9 Å². The molecule has 0 fully saturated rings. The van der Waals surface area contributed by atoms with E-state index in [0.717, 1.165) is 11.1 Å². The van der Waals surface area contributed by atoms with Crippen molar-refractivity contribution in [3.63, 3.8) is 0 Å². The van der Waals surface area contributed by atoms with Gasteiger partial charge in [0.05, 0.1) is 7.11 Å². The van der Waals surface area contributed by atoms with Gasteiger partial charge in [0.1, 0.15) is 16.7 Å². The molecule has 0 spiro atoms. The van der Waals surface area contributed by atoms with E-state index in [1.54, 1.807) is 19.9 Å². The number of nitrogens with one attached hydrogen (secondary N) is 1. The molecule has 0 heterocycles. The van der Waals surface area contributed by atoms with E-state index in [1.165, 1.54) is 13.2 Å². The van der Waals surface area contributed by atoms with Gasteiger partial charge in [0, 0.05) is 0 Å². The maximum absolute atomic E-state index is 12.4. The number of carbonyl (C=O) groups is 1. The van der Waals surface area contributed by atoms with Crippen LogP contribution in [-0.4, -0.2) is 32.6 Å². The number of ether oxygens (including phenoxy) is 1. The zero-order valence-electron chi connectivity index (χ0n) is 12.6. The van der Waals surface area contributed by atoms with Gasteiger partial charge in [-0.15, -0.1) is 0 Å². The Morgan fingerprint density at radius 1 is 1.33 bits per heavy atom. The van der Waals surface area contributed by atoms with Crippen molar-refractivity contribution < 1.29 is 23.1 Å². The van der Waals surface area contributed by atoms with Crippen molar-refractivity contribution in [1.29, 1.82) is 0 Å². The topological polar surface area (TPSA) is 92.7 Å². The first kappa shape index (κ1) is 17.5. The summed E-state index contributed by atoms with van der Waals surface area (Å²) in [5.41, 5.74) is 1.69. The molecule has 0 amide bonds. The Balaban J connectivity index is 3.24. The van der Waals surface area contributed by atoms with E-state index in [2.05, 4.69) is 4.72 Å². The van der Waals surface area contributed by atoms with Crippen LogP contribution in [0.3, 0.4) is 0 Å². The number of sulfonamides is 1. The third-order valence-corrected chi connectivity index (χ3v) is 4.74. The predicted octanol–water partition coefficient (Wildman–Crippen LogP) is 1.84. The Bertz CT molecular complexity index is 624. The molecule has 0 aromatic heterocycles. The standard InChI is InChI=1S/C14H21NO5S/c1-5-6-11(14(16)17)15-21(18,19)13-8-10(3)9(2)7-12(13)20-4/h7-8,11,15H,5-6H2,1-4H3,(H,16,17). The zero-order valence-corrected chi connectivity index (χ0v) is 13.5. The van der Waals surface area contributed by atoms with Gasteiger partial charge in [-0.25, -0.2) is 8.42 Å². The Morgan fingerprint density at radius 3 is 2.38 bits per heavy atom. The summed E-state index contributed by atoms with van der Waals surface area (Å²) in [5, 5.41) is 9.08. The number of carboxylic acids is 1. The number of methoxy groups -OCH3 is 1. The summed E-state index contributed by atoms with van der Waals surface area (Å²) in [6.07, 6.45) is 0.783. The van der Waals surface area contributed by atoms with Gasteiger partial charge in [-0.2, -0.15) is 4.72 Å². The first-order chi connectivity index (χ1) is 9.72. The molecule has 1 aromatic carbocycles. The Labute approximate surface area is 125 Å². The number of rotatable bonds is 7. The lowest BCUT2D eigenvalue weighted by molar-refractivity contribution is -0.139. The highest BCUT2D eigenvalue weighted by atomic mass is 32.2. The van der Waals surface area contributed by atoms with Crippen molar-refractivity contribution in [2.75, 3.05) is 7.11 Å². The highest BCUT2D eigenvalue weighted by molar-refractivity contribution is 7.89. The molecular formula is C14H21NO5S. The molecule has 118 valence electrons. The van der Waals surface area contributed by atoms with Crippen molar-refractivity contribution in [2.24, 2.45) is 0 Å². The minimum Gasteiger partial charge on any atom is -0.495 e. The van der Waals surface area contributed by atoms with Crippen molar-refractivity contribution in [2.45, 2.75) is 44.6 Å². The second-order valence-corrected chi connectivity index (χ2v) is 6.57. The van der Waals surface area contributed by atoms with Gasteiger partial charge >= 0.3 is 5.97 Å². The SMILES string of the molecule is CCCC(NS(=O)(=O)c1cc(C)c(C)cc1OC)C(=O)O. The van der Waals surface area contributed by atoms with Gasteiger partial charge in [-0.3, -0.25) is 4.79 Å². The van der Waals surface area contributed by atoms with Crippen LogP contribution >= 0.6 is 0 Å². The number of hydrogen-bond acceptors (Lipinski definition) is 4. The molecular weight excluding hydrogens is 294 g/mol. The van der Waals surface area contributed by atoms with Crippen LogP contribution in [-0.2, 0) is 14.8 Å². The lowest BCUT2D eigenvalue weighted by atomic mass is 10.1. The Morgan fingerprint density at radius 2 is 1.90 bits per heavy atom. The van der Waals surface area contributed by atoms with Crippen LogP contribution in [0.2, 0.25) is 0 Å². The third kappa shape index (κ3) is 4.18. The summed E-state index contributed by atoms with van der Waals surface area (Å²) in [6, 6.07) is 1.97. The first-order valence-electron chi connectivity index (χ1n) is 6.63. The smallest absolute Gasteiger partial charge is 0.321 e. The molecule has 6 nitrogen and oxygen atoms in total. The number of aliphatic carboxylic acids is 1. The predicted molar refractivity (Wildman–Crippen MR) is 79.1 cm³/mol. The molecule has 0 aliphatic carbocycles. The molecule has 0 saturated carbocycles. The molecule has 1 atom stereocenters. The van der Waals surface area contributed by atoms with Gasteiger partial charge in [0.25, 0.3) is 0 Å². The Kier molecular flexibility index (Phi) is 5.74. The fraction of sp³-hybridized carbons (Fsp3) is 0.500. The molecule has 1 rings (SSSR count). The average molecular weight is 315 g/mol. The van der Waals surface area contributed by atoms with Gasteiger partial charge in [0.2, 0.25) is 10.0 Å². The molecule has 0 radical (unpaired) electrons. The second-order valence-electron chi connectivity index (χ2n) is 4.89. The zero-order chi connectivity index (χ0) is 16.2. The minimum absolute atomic E-state index is 0.0459. The van der Waals surface area contributed by atoms with E-state index in [1.807, 2.05) is 6.92 Å². The highest BCUT2D eigenvalue weighted by Crippen LogP contribution is 2.27. The largest absolute Gasteiger partial charge is 0.495 e. The number of hydrogen-bond donors (Lipinski definition) is 2. The summed E-state index contributed by atoms with van der Waals surface area (Å²) in [6.45, 7) is 5.42. The summed E-state index contributed by atoms with van der Waals surface area (Å²) in [5.74, 6) is -0.991. The molecule has 0 aliphatic heterocycles. The van der Waals surface area contributed by atoms with E-state index in [-0.39, 0.29) is 17.1 Å². The van der Waals surface area contributed by atoms with Gasteiger partial charge < -0.3 is 9.84 Å². The fourth-order valence-corrected chi connectivity index (χ4v) is 3.36. The van der Waals surface area contributed by atoms with Crippen LogP contribution in [0.15, 0.2) is 17.0 Å². The average Bonchev–Trinajstić information content (AvgIpc) is 2.40. The molecule has 7 heteroatoms. The molecule has 0 aliphatic rings. The van der Waals surface area contributed by atoms with E-state index in [9.17, 15) is 13.2 Å². The van der Waals surface area contributed by atoms with Gasteiger partial charge in [0.15, 0.2) is 0 Å². The van der Waals surface area contributed by atoms with Gasteiger partial charge in [-0.1, -0.05) is 13.3 Å². The lowest BCUT2D eigenvalue weighted by Crippen LogP contribution is -2.40. The quantitative estimate of drug-likeness (QED) is 0.801. The van der Waals surface area contributed by atoms with E-state index in [4.69, 9.17) is 9.84 Å². The van der Waals surface area contributed by atoms with Crippen molar-refractivity contribution in [1.82, 2.24) is 4.72 Å². The fourth-order valence-electron chi connectivity index (χ4n) is 1.90. The maximum Gasteiger partial charge on any atom is 0.321 e. The summed E-state index contributed by atoms with van der Waals surface area (Å²) in [7, 11) is -2.59. The molecule has 2 N–H and O–H groups in total. The van der Waals surface area contributed by atoms with Crippen molar-refractivity contribution >= 4 is 16.0 Å². The molecule has 0 bridgehead atoms. The third-order valence-electron chi connectivity index (χ3n) is 3.24. The van der Waals surface area contributed by atoms with Crippen LogP contribution in [0.5, 0.6) is 5.75 Å². The lowest BCUT2D eigenvalue weighted by Gasteiger charge is -2.17. The van der Waals surface area contributed by atoms with Crippen LogP contribution in [0.25, 0.3) is 0 Å².